The SMILES string of the molecule is CCOc1ccc(CC(=O)O/N=C(\N)c2ccc(Cl)cc2Cl)cc1OCC. The molecule has 2 aromatic carbocycles. The number of amidine groups is 1. The van der Waals surface area contributed by atoms with E-state index in [9.17, 15) is 4.79 Å². The molecule has 0 aliphatic rings. The fraction of sp³-hybridized carbons (Fsp3) is 0.263. The zero-order valence-corrected chi connectivity index (χ0v) is 16.5. The molecule has 0 fully saturated rings. The van der Waals surface area contributed by atoms with Gasteiger partial charge in [0.2, 0.25) is 0 Å². The summed E-state index contributed by atoms with van der Waals surface area (Å²) in [5.41, 5.74) is 6.94. The van der Waals surface area contributed by atoms with Gasteiger partial charge in [-0.2, -0.15) is 0 Å². The van der Waals surface area contributed by atoms with Crippen molar-refractivity contribution in [3.05, 3.63) is 57.6 Å². The van der Waals surface area contributed by atoms with Gasteiger partial charge in [-0.3, -0.25) is 0 Å². The number of nitrogens with two attached hydrogens (primary N) is 1. The number of hydrogen-bond acceptors (Lipinski definition) is 5. The first-order valence-corrected chi connectivity index (χ1v) is 9.07. The number of ether oxygens (including phenoxy) is 2. The van der Waals surface area contributed by atoms with E-state index in [0.29, 0.717) is 45.9 Å². The molecule has 0 spiro atoms. The van der Waals surface area contributed by atoms with Gasteiger partial charge in [-0.1, -0.05) is 34.4 Å². The summed E-state index contributed by atoms with van der Waals surface area (Å²) in [6, 6.07) is 9.98. The van der Waals surface area contributed by atoms with Gasteiger partial charge < -0.3 is 20.0 Å². The largest absolute Gasteiger partial charge is 0.490 e. The van der Waals surface area contributed by atoms with Crippen molar-refractivity contribution in [3.63, 3.8) is 0 Å². The van der Waals surface area contributed by atoms with Crippen molar-refractivity contribution in [1.29, 1.82) is 0 Å². The summed E-state index contributed by atoms with van der Waals surface area (Å²) in [6.45, 7) is 4.76. The first kappa shape index (κ1) is 20.9. The van der Waals surface area contributed by atoms with Crippen LogP contribution < -0.4 is 15.2 Å². The molecule has 0 amide bonds. The maximum absolute atomic E-state index is 12.1. The Morgan fingerprint density at radius 3 is 2.41 bits per heavy atom. The second kappa shape index (κ2) is 10.0. The van der Waals surface area contributed by atoms with Crippen LogP contribution in [0.1, 0.15) is 25.0 Å². The molecule has 0 atom stereocenters. The van der Waals surface area contributed by atoms with Crippen molar-refractivity contribution < 1.29 is 19.1 Å². The monoisotopic (exact) mass is 410 g/mol. The van der Waals surface area contributed by atoms with Crippen molar-refractivity contribution in [2.45, 2.75) is 20.3 Å². The lowest BCUT2D eigenvalue weighted by Gasteiger charge is -2.12. The van der Waals surface area contributed by atoms with Gasteiger partial charge in [0.25, 0.3) is 0 Å². The Hall–Kier alpha value is -2.44. The van der Waals surface area contributed by atoms with E-state index in [-0.39, 0.29) is 12.3 Å². The molecule has 0 saturated heterocycles. The van der Waals surface area contributed by atoms with Crippen LogP contribution in [0.25, 0.3) is 0 Å². The second-order valence-corrected chi connectivity index (χ2v) is 6.23. The third-order valence-corrected chi connectivity index (χ3v) is 3.96. The molecule has 144 valence electrons. The number of nitrogens with zero attached hydrogens (tertiary/aromatic N) is 1. The molecule has 0 aliphatic carbocycles. The van der Waals surface area contributed by atoms with Crippen LogP contribution >= 0.6 is 23.2 Å². The first-order chi connectivity index (χ1) is 12.9. The molecule has 0 saturated carbocycles. The lowest BCUT2D eigenvalue weighted by Crippen LogP contribution is -2.16. The predicted molar refractivity (Wildman–Crippen MR) is 106 cm³/mol. The molecule has 2 aromatic rings. The highest BCUT2D eigenvalue weighted by Crippen LogP contribution is 2.28. The number of carbonyl (C=O) groups is 1. The van der Waals surface area contributed by atoms with E-state index in [1.54, 1.807) is 30.3 Å². The minimum Gasteiger partial charge on any atom is -0.490 e. The molecule has 27 heavy (non-hydrogen) atoms. The third-order valence-electron chi connectivity index (χ3n) is 3.41. The summed E-state index contributed by atoms with van der Waals surface area (Å²) in [5.74, 6) is 0.595. The van der Waals surface area contributed by atoms with E-state index in [2.05, 4.69) is 5.16 Å². The maximum atomic E-state index is 12.1. The van der Waals surface area contributed by atoms with Crippen LogP contribution in [0.3, 0.4) is 0 Å². The lowest BCUT2D eigenvalue weighted by molar-refractivity contribution is -0.142. The average Bonchev–Trinajstić information content (AvgIpc) is 2.62. The molecule has 0 aromatic heterocycles. The zero-order valence-electron chi connectivity index (χ0n) is 15.0. The smallest absolute Gasteiger partial charge is 0.339 e. The Kier molecular flexibility index (Phi) is 7.76. The molecular weight excluding hydrogens is 391 g/mol. The number of oxime groups is 1. The predicted octanol–water partition coefficient (Wildman–Crippen LogP) is 4.20. The van der Waals surface area contributed by atoms with E-state index in [1.165, 1.54) is 6.07 Å². The van der Waals surface area contributed by atoms with Gasteiger partial charge in [-0.25, -0.2) is 4.79 Å². The van der Waals surface area contributed by atoms with E-state index in [0.717, 1.165) is 0 Å². The van der Waals surface area contributed by atoms with Gasteiger partial charge >= 0.3 is 5.97 Å². The number of rotatable bonds is 8. The second-order valence-electron chi connectivity index (χ2n) is 5.39. The van der Waals surface area contributed by atoms with Crippen molar-refractivity contribution in [3.8, 4) is 11.5 Å². The van der Waals surface area contributed by atoms with E-state index < -0.39 is 5.97 Å². The average molecular weight is 411 g/mol. The summed E-state index contributed by atoms with van der Waals surface area (Å²) in [6.07, 6.45) is -0.00237. The number of benzene rings is 2. The molecule has 8 heteroatoms. The Labute approximate surface area is 167 Å². The van der Waals surface area contributed by atoms with Gasteiger partial charge in [-0.05, 0) is 49.7 Å². The van der Waals surface area contributed by atoms with Crippen LogP contribution in [0, 0.1) is 0 Å². The van der Waals surface area contributed by atoms with Crippen molar-refractivity contribution >= 4 is 35.0 Å². The fourth-order valence-corrected chi connectivity index (χ4v) is 2.76. The first-order valence-electron chi connectivity index (χ1n) is 8.31. The van der Waals surface area contributed by atoms with Crippen LogP contribution in [-0.4, -0.2) is 25.0 Å². The minimum absolute atomic E-state index is 0.00237. The summed E-state index contributed by atoms with van der Waals surface area (Å²) < 4.78 is 11.0. The molecular formula is C19H20Cl2N2O4. The Bertz CT molecular complexity index is 840. The minimum atomic E-state index is -0.574. The maximum Gasteiger partial charge on any atom is 0.339 e. The summed E-state index contributed by atoms with van der Waals surface area (Å²) >= 11 is 11.9. The normalized spacial score (nSPS) is 11.2. The molecule has 0 heterocycles. The van der Waals surface area contributed by atoms with Gasteiger partial charge in [-0.15, -0.1) is 0 Å². The molecule has 2 rings (SSSR count). The van der Waals surface area contributed by atoms with Crippen LogP contribution in [0.15, 0.2) is 41.6 Å². The van der Waals surface area contributed by atoms with Crippen molar-refractivity contribution in [2.24, 2.45) is 10.9 Å². The molecule has 0 aliphatic heterocycles. The highest BCUT2D eigenvalue weighted by molar-refractivity contribution is 6.36. The fourth-order valence-electron chi connectivity index (χ4n) is 2.25. The Morgan fingerprint density at radius 1 is 1.04 bits per heavy atom. The van der Waals surface area contributed by atoms with E-state index in [4.69, 9.17) is 43.2 Å². The van der Waals surface area contributed by atoms with Gasteiger partial charge in [0.15, 0.2) is 17.3 Å². The number of hydrogen-bond donors (Lipinski definition) is 1. The van der Waals surface area contributed by atoms with E-state index >= 15 is 0 Å². The van der Waals surface area contributed by atoms with Crippen molar-refractivity contribution in [1.82, 2.24) is 0 Å². The van der Waals surface area contributed by atoms with E-state index in [1.807, 2.05) is 13.8 Å². The Balaban J connectivity index is 2.05. The Morgan fingerprint density at radius 2 is 1.74 bits per heavy atom. The van der Waals surface area contributed by atoms with Crippen LogP contribution in [-0.2, 0) is 16.1 Å². The summed E-state index contributed by atoms with van der Waals surface area (Å²) in [4.78, 5) is 16.9. The quantitative estimate of drug-likeness (QED) is 0.305. The third kappa shape index (κ3) is 6.05. The topological polar surface area (TPSA) is 83.1 Å². The number of halogens is 2. The van der Waals surface area contributed by atoms with Crippen LogP contribution in [0.2, 0.25) is 10.0 Å². The van der Waals surface area contributed by atoms with Crippen molar-refractivity contribution in [2.75, 3.05) is 13.2 Å². The van der Waals surface area contributed by atoms with Crippen LogP contribution in [0.4, 0.5) is 0 Å². The highest BCUT2D eigenvalue weighted by atomic mass is 35.5. The van der Waals surface area contributed by atoms with Gasteiger partial charge in [0.05, 0.1) is 24.7 Å². The zero-order chi connectivity index (χ0) is 19.8. The van der Waals surface area contributed by atoms with Gasteiger partial charge in [0.1, 0.15) is 0 Å². The standard InChI is InChI=1S/C19H20Cl2N2O4/c1-3-25-16-8-5-12(9-17(16)26-4-2)10-18(24)27-23-19(22)14-7-6-13(20)11-15(14)21/h5-9,11H,3-4,10H2,1-2H3,(H2,22,23). The highest BCUT2D eigenvalue weighted by Gasteiger charge is 2.12. The van der Waals surface area contributed by atoms with Gasteiger partial charge in [0, 0.05) is 10.6 Å². The summed E-state index contributed by atoms with van der Waals surface area (Å²) in [5, 5.41) is 4.43. The number of carbonyl (C=O) groups excluding carboxylic acids is 1. The molecule has 0 radical (unpaired) electrons. The summed E-state index contributed by atoms with van der Waals surface area (Å²) in [7, 11) is 0. The molecule has 2 N–H and O–H groups in total. The lowest BCUT2D eigenvalue weighted by atomic mass is 10.1. The van der Waals surface area contributed by atoms with Crippen LogP contribution in [0.5, 0.6) is 11.5 Å². The molecule has 0 unspecified atom stereocenters. The molecule has 0 bridgehead atoms. The molecule has 6 nitrogen and oxygen atoms in total.